The Morgan fingerprint density at radius 1 is 1.53 bits per heavy atom. The highest BCUT2D eigenvalue weighted by molar-refractivity contribution is 5.42. The maximum atomic E-state index is 11.2. The number of likely N-dealkylation sites (N-methyl/N-ethyl adjacent to an activating group) is 1. The summed E-state index contributed by atoms with van der Waals surface area (Å²) in [4.78, 5) is 13.0. The zero-order chi connectivity index (χ0) is 13.8. The first-order valence-corrected chi connectivity index (χ1v) is 6.48. The van der Waals surface area contributed by atoms with Crippen LogP contribution >= 0.6 is 0 Å². The number of para-hydroxylation sites is 1. The van der Waals surface area contributed by atoms with Crippen LogP contribution in [0.5, 0.6) is 0 Å². The van der Waals surface area contributed by atoms with Crippen LogP contribution in [0.1, 0.15) is 18.5 Å². The molecule has 0 radical (unpaired) electrons. The van der Waals surface area contributed by atoms with E-state index in [1.54, 1.807) is 12.1 Å². The largest absolute Gasteiger partial charge is 0.374 e. The van der Waals surface area contributed by atoms with Gasteiger partial charge in [0.1, 0.15) is 0 Å². The van der Waals surface area contributed by atoms with Gasteiger partial charge in [0.15, 0.2) is 0 Å². The molecule has 2 rings (SSSR count). The third-order valence-corrected chi connectivity index (χ3v) is 3.55. The second-order valence-corrected chi connectivity index (χ2v) is 4.53. The summed E-state index contributed by atoms with van der Waals surface area (Å²) in [6.07, 6.45) is -0.199. The molecule has 1 aliphatic heterocycles. The maximum absolute atomic E-state index is 11.2. The van der Waals surface area contributed by atoms with Gasteiger partial charge in [-0.3, -0.25) is 15.0 Å². The Morgan fingerprint density at radius 2 is 2.26 bits per heavy atom. The van der Waals surface area contributed by atoms with Gasteiger partial charge in [0.2, 0.25) is 0 Å². The average Bonchev–Trinajstić information content (AvgIpc) is 2.46. The van der Waals surface area contributed by atoms with Crippen LogP contribution < -0.4 is 5.73 Å². The van der Waals surface area contributed by atoms with E-state index < -0.39 is 0 Å². The lowest BCUT2D eigenvalue weighted by molar-refractivity contribution is -0.386. The Kier molecular flexibility index (Phi) is 4.47. The van der Waals surface area contributed by atoms with E-state index in [1.807, 2.05) is 13.0 Å². The van der Waals surface area contributed by atoms with Crippen LogP contribution in [-0.2, 0) is 4.74 Å². The SMILES string of the molecule is CCN1CCOC(CN)C1c1ccccc1[N+](=O)[O-]. The molecule has 2 N–H and O–H groups in total. The first-order valence-electron chi connectivity index (χ1n) is 6.48. The number of benzene rings is 1. The third-order valence-electron chi connectivity index (χ3n) is 3.55. The summed E-state index contributed by atoms with van der Waals surface area (Å²) in [6, 6.07) is 6.68. The smallest absolute Gasteiger partial charge is 0.274 e. The van der Waals surface area contributed by atoms with Gasteiger partial charge in [-0.2, -0.15) is 0 Å². The van der Waals surface area contributed by atoms with Crippen LogP contribution in [0.25, 0.3) is 0 Å². The minimum absolute atomic E-state index is 0.134. The molecular weight excluding hydrogens is 246 g/mol. The van der Waals surface area contributed by atoms with E-state index in [1.165, 1.54) is 6.07 Å². The first-order chi connectivity index (χ1) is 9.19. The predicted molar refractivity (Wildman–Crippen MR) is 71.9 cm³/mol. The highest BCUT2D eigenvalue weighted by atomic mass is 16.6. The number of nitrogens with two attached hydrogens (primary N) is 1. The predicted octanol–water partition coefficient (Wildman–Crippen LogP) is 1.32. The zero-order valence-corrected chi connectivity index (χ0v) is 11.0. The van der Waals surface area contributed by atoms with Crippen molar-refractivity contribution in [3.8, 4) is 0 Å². The van der Waals surface area contributed by atoms with Gasteiger partial charge in [-0.1, -0.05) is 25.1 Å². The van der Waals surface area contributed by atoms with E-state index in [-0.39, 0.29) is 22.8 Å². The Balaban J connectivity index is 2.43. The van der Waals surface area contributed by atoms with Gasteiger partial charge in [0.25, 0.3) is 5.69 Å². The van der Waals surface area contributed by atoms with Crippen molar-refractivity contribution in [3.05, 3.63) is 39.9 Å². The standard InChI is InChI=1S/C13H19N3O3/c1-2-15-7-8-19-12(9-14)13(15)10-5-3-4-6-11(10)16(17)18/h3-6,12-13H,2,7-9,14H2,1H3. The Morgan fingerprint density at radius 3 is 2.89 bits per heavy atom. The number of rotatable bonds is 4. The number of ether oxygens (including phenoxy) is 1. The van der Waals surface area contributed by atoms with Gasteiger partial charge >= 0.3 is 0 Å². The molecule has 2 unspecified atom stereocenters. The van der Waals surface area contributed by atoms with Crippen molar-refractivity contribution in [3.63, 3.8) is 0 Å². The van der Waals surface area contributed by atoms with E-state index in [2.05, 4.69) is 4.90 Å². The fourth-order valence-corrected chi connectivity index (χ4v) is 2.64. The Hall–Kier alpha value is -1.50. The molecule has 6 heteroatoms. The molecule has 0 bridgehead atoms. The Bertz CT molecular complexity index is 441. The maximum Gasteiger partial charge on any atom is 0.274 e. The molecule has 1 aromatic rings. The normalized spacial score (nSPS) is 24.3. The lowest BCUT2D eigenvalue weighted by Gasteiger charge is -2.40. The monoisotopic (exact) mass is 265 g/mol. The van der Waals surface area contributed by atoms with Gasteiger partial charge in [-0.05, 0) is 6.54 Å². The summed E-state index contributed by atoms with van der Waals surface area (Å²) in [7, 11) is 0. The van der Waals surface area contributed by atoms with Crippen LogP contribution in [0, 0.1) is 10.1 Å². The number of nitro groups is 1. The second-order valence-electron chi connectivity index (χ2n) is 4.53. The molecule has 0 spiro atoms. The minimum atomic E-state index is -0.342. The van der Waals surface area contributed by atoms with Gasteiger partial charge in [0, 0.05) is 24.7 Å². The molecule has 1 saturated heterocycles. The van der Waals surface area contributed by atoms with Crippen molar-refractivity contribution < 1.29 is 9.66 Å². The molecule has 19 heavy (non-hydrogen) atoms. The zero-order valence-electron chi connectivity index (χ0n) is 11.0. The van der Waals surface area contributed by atoms with Gasteiger partial charge in [-0.15, -0.1) is 0 Å². The van der Waals surface area contributed by atoms with Crippen LogP contribution in [0.2, 0.25) is 0 Å². The lowest BCUT2D eigenvalue weighted by atomic mass is 9.96. The number of hydrogen-bond acceptors (Lipinski definition) is 5. The molecule has 6 nitrogen and oxygen atoms in total. The molecule has 0 saturated carbocycles. The molecule has 1 fully saturated rings. The molecule has 1 heterocycles. The molecular formula is C13H19N3O3. The summed E-state index contributed by atoms with van der Waals surface area (Å²) < 4.78 is 5.67. The molecule has 104 valence electrons. The van der Waals surface area contributed by atoms with Crippen molar-refractivity contribution in [2.75, 3.05) is 26.2 Å². The van der Waals surface area contributed by atoms with E-state index in [0.717, 1.165) is 13.1 Å². The van der Waals surface area contributed by atoms with Crippen molar-refractivity contribution in [1.29, 1.82) is 0 Å². The van der Waals surface area contributed by atoms with Gasteiger partial charge < -0.3 is 10.5 Å². The number of nitrogens with zero attached hydrogens (tertiary/aromatic N) is 2. The summed E-state index contributed by atoms with van der Waals surface area (Å²) in [5.74, 6) is 0. The summed E-state index contributed by atoms with van der Waals surface area (Å²) in [5.41, 5.74) is 6.57. The average molecular weight is 265 g/mol. The van der Waals surface area contributed by atoms with E-state index >= 15 is 0 Å². The Labute approximate surface area is 112 Å². The molecule has 1 aromatic carbocycles. The van der Waals surface area contributed by atoms with E-state index in [4.69, 9.17) is 10.5 Å². The van der Waals surface area contributed by atoms with Crippen LogP contribution in [0.4, 0.5) is 5.69 Å². The fraction of sp³-hybridized carbons (Fsp3) is 0.538. The molecule has 2 atom stereocenters. The highest BCUT2D eigenvalue weighted by Crippen LogP contribution is 2.34. The van der Waals surface area contributed by atoms with Crippen molar-refractivity contribution >= 4 is 5.69 Å². The lowest BCUT2D eigenvalue weighted by Crippen LogP contribution is -2.48. The number of hydrogen-bond donors (Lipinski definition) is 1. The highest BCUT2D eigenvalue weighted by Gasteiger charge is 2.35. The number of morpholine rings is 1. The van der Waals surface area contributed by atoms with Crippen molar-refractivity contribution in [2.45, 2.75) is 19.1 Å². The van der Waals surface area contributed by atoms with Gasteiger partial charge in [-0.25, -0.2) is 0 Å². The van der Waals surface area contributed by atoms with Gasteiger partial charge in [0.05, 0.1) is 23.7 Å². The minimum Gasteiger partial charge on any atom is -0.374 e. The van der Waals surface area contributed by atoms with Crippen molar-refractivity contribution in [2.24, 2.45) is 5.73 Å². The summed E-state index contributed by atoms with van der Waals surface area (Å²) >= 11 is 0. The first kappa shape index (κ1) is 13.9. The summed E-state index contributed by atoms with van der Waals surface area (Å²) in [6.45, 7) is 4.60. The third kappa shape index (κ3) is 2.75. The molecule has 1 aliphatic rings. The van der Waals surface area contributed by atoms with Crippen LogP contribution in [-0.4, -0.2) is 42.2 Å². The van der Waals surface area contributed by atoms with E-state index in [9.17, 15) is 10.1 Å². The summed E-state index contributed by atoms with van der Waals surface area (Å²) in [5, 5.41) is 11.2. The van der Waals surface area contributed by atoms with Crippen molar-refractivity contribution in [1.82, 2.24) is 4.90 Å². The van der Waals surface area contributed by atoms with Crippen LogP contribution in [0.15, 0.2) is 24.3 Å². The molecule has 0 aromatic heterocycles. The fourth-order valence-electron chi connectivity index (χ4n) is 2.64. The van der Waals surface area contributed by atoms with E-state index in [0.29, 0.717) is 18.7 Å². The molecule has 0 aliphatic carbocycles. The number of nitro benzene ring substituents is 1. The van der Waals surface area contributed by atoms with Crippen LogP contribution in [0.3, 0.4) is 0 Å². The topological polar surface area (TPSA) is 81.6 Å². The second kappa shape index (κ2) is 6.10. The quantitative estimate of drug-likeness (QED) is 0.655. The molecule has 0 amide bonds.